The summed E-state index contributed by atoms with van der Waals surface area (Å²) in [7, 11) is -3.83. The second kappa shape index (κ2) is 4.79. The maximum atomic E-state index is 11.8. The number of sulfonamides is 1. The van der Waals surface area contributed by atoms with Crippen LogP contribution in [0.2, 0.25) is 5.02 Å². The number of hydrogen-bond donors (Lipinski definition) is 2. The quantitative estimate of drug-likeness (QED) is 0.862. The minimum Gasteiger partial charge on any atom is -0.481 e. The van der Waals surface area contributed by atoms with Gasteiger partial charge in [0.2, 0.25) is 0 Å². The van der Waals surface area contributed by atoms with Crippen LogP contribution in [-0.2, 0) is 14.8 Å². The summed E-state index contributed by atoms with van der Waals surface area (Å²) in [5.41, 5.74) is 0.335. The molecule has 0 saturated carbocycles. The molecule has 0 atom stereocenters. The summed E-state index contributed by atoms with van der Waals surface area (Å²) in [6, 6.07) is 4.33. The van der Waals surface area contributed by atoms with E-state index in [2.05, 4.69) is 9.71 Å². The molecule has 1 aromatic rings. The number of carbonyl (C=O) groups is 1. The van der Waals surface area contributed by atoms with Crippen LogP contribution in [0.15, 0.2) is 27.5 Å². The molecule has 0 amide bonds. The van der Waals surface area contributed by atoms with Gasteiger partial charge in [0.1, 0.15) is 4.90 Å². The number of anilines is 1. The van der Waals surface area contributed by atoms with Crippen LogP contribution < -0.4 is 5.32 Å². The lowest BCUT2D eigenvalue weighted by Crippen LogP contribution is -2.20. The van der Waals surface area contributed by atoms with E-state index < -0.39 is 16.0 Å². The Balaban J connectivity index is 2.36. The third kappa shape index (κ3) is 2.77. The lowest BCUT2D eigenvalue weighted by Gasteiger charge is -2.17. The van der Waals surface area contributed by atoms with E-state index in [-0.39, 0.29) is 20.8 Å². The molecule has 1 aliphatic heterocycles. The molecule has 1 heterocycles. The number of carboxylic acid groups (broad SMARTS) is 1. The monoisotopic (exact) mass is 306 g/mol. The summed E-state index contributed by atoms with van der Waals surface area (Å²) in [5.74, 6) is -1.33. The van der Waals surface area contributed by atoms with Crippen molar-refractivity contribution in [2.45, 2.75) is 4.90 Å². The summed E-state index contributed by atoms with van der Waals surface area (Å²) < 4.78 is 27.2. The first-order chi connectivity index (χ1) is 8.38. The van der Waals surface area contributed by atoms with Crippen molar-refractivity contribution in [3.8, 4) is 0 Å². The third-order valence-electron chi connectivity index (χ3n) is 2.00. The fourth-order valence-corrected chi connectivity index (χ4v) is 3.52. The molecule has 2 rings (SSSR count). The molecule has 0 saturated heterocycles. The van der Waals surface area contributed by atoms with Crippen molar-refractivity contribution in [2.24, 2.45) is 4.40 Å². The molecule has 0 bridgehead atoms. The maximum Gasteiger partial charge on any atom is 0.313 e. The van der Waals surface area contributed by atoms with Crippen molar-refractivity contribution in [3.05, 3.63) is 23.2 Å². The molecule has 1 aromatic carbocycles. The highest BCUT2D eigenvalue weighted by atomic mass is 35.5. The molecule has 2 N–H and O–H groups in total. The Kier molecular flexibility index (Phi) is 3.51. The standard InChI is InChI=1S/C9H7ClN2O4S2/c10-5-1-2-6-7(3-5)18(15,16)12-9(11-6)17-4-8(13)14/h1-3H,4H2,(H,11,12)(H,13,14). The number of amidine groups is 1. The van der Waals surface area contributed by atoms with Crippen molar-refractivity contribution < 1.29 is 18.3 Å². The third-order valence-corrected chi connectivity index (χ3v) is 4.52. The minimum atomic E-state index is -3.83. The highest BCUT2D eigenvalue weighted by Gasteiger charge is 2.25. The minimum absolute atomic E-state index is 0.0188. The summed E-state index contributed by atoms with van der Waals surface area (Å²) in [6.07, 6.45) is 0. The average molecular weight is 307 g/mol. The number of fused-ring (bicyclic) bond motifs is 1. The van der Waals surface area contributed by atoms with Gasteiger partial charge in [-0.2, -0.15) is 8.42 Å². The molecule has 0 aliphatic carbocycles. The van der Waals surface area contributed by atoms with E-state index in [1.165, 1.54) is 18.2 Å². The molecule has 0 spiro atoms. The lowest BCUT2D eigenvalue weighted by atomic mass is 10.3. The number of nitrogens with one attached hydrogen (secondary N) is 1. The first-order valence-electron chi connectivity index (χ1n) is 4.64. The summed E-state index contributed by atoms with van der Waals surface area (Å²) >= 11 is 6.52. The second-order valence-electron chi connectivity index (χ2n) is 3.32. The largest absolute Gasteiger partial charge is 0.481 e. The maximum absolute atomic E-state index is 11.8. The second-order valence-corrected chi connectivity index (χ2v) is 6.29. The van der Waals surface area contributed by atoms with Gasteiger partial charge in [0.05, 0.1) is 11.4 Å². The van der Waals surface area contributed by atoms with Gasteiger partial charge >= 0.3 is 5.97 Å². The number of hydrogen-bond acceptors (Lipinski definition) is 5. The van der Waals surface area contributed by atoms with Crippen molar-refractivity contribution in [3.63, 3.8) is 0 Å². The van der Waals surface area contributed by atoms with Crippen LogP contribution in [0.1, 0.15) is 0 Å². The van der Waals surface area contributed by atoms with Crippen LogP contribution in [0.25, 0.3) is 0 Å². The van der Waals surface area contributed by atoms with E-state index in [4.69, 9.17) is 16.7 Å². The van der Waals surface area contributed by atoms with Gasteiger partial charge in [0.15, 0.2) is 5.17 Å². The molecular formula is C9H7ClN2O4S2. The molecule has 18 heavy (non-hydrogen) atoms. The zero-order valence-corrected chi connectivity index (χ0v) is 11.1. The van der Waals surface area contributed by atoms with E-state index in [0.717, 1.165) is 11.8 Å². The number of rotatable bonds is 2. The van der Waals surface area contributed by atoms with Crippen LogP contribution in [0.5, 0.6) is 0 Å². The number of thioether (sulfide) groups is 1. The Morgan fingerprint density at radius 2 is 2.22 bits per heavy atom. The SMILES string of the molecule is O=C(O)CSC1=NS(=O)(=O)c2cc(Cl)ccc2N1. The Morgan fingerprint density at radius 3 is 2.89 bits per heavy atom. The van der Waals surface area contributed by atoms with Gasteiger partial charge in [-0.15, -0.1) is 4.40 Å². The van der Waals surface area contributed by atoms with Gasteiger partial charge in [0.25, 0.3) is 10.0 Å². The highest BCUT2D eigenvalue weighted by Crippen LogP contribution is 2.31. The van der Waals surface area contributed by atoms with Crippen LogP contribution in [0.3, 0.4) is 0 Å². The van der Waals surface area contributed by atoms with Gasteiger partial charge in [-0.1, -0.05) is 23.4 Å². The number of benzene rings is 1. The summed E-state index contributed by atoms with van der Waals surface area (Å²) in [6.45, 7) is 0. The number of nitrogens with zero attached hydrogens (tertiary/aromatic N) is 1. The van der Waals surface area contributed by atoms with E-state index in [0.29, 0.717) is 5.69 Å². The fourth-order valence-electron chi connectivity index (χ4n) is 1.30. The molecule has 9 heteroatoms. The Hall–Kier alpha value is -1.25. The van der Waals surface area contributed by atoms with Crippen LogP contribution in [-0.4, -0.2) is 30.4 Å². The van der Waals surface area contributed by atoms with Crippen molar-refractivity contribution >= 4 is 50.2 Å². The van der Waals surface area contributed by atoms with E-state index in [1.54, 1.807) is 0 Å². The lowest BCUT2D eigenvalue weighted by molar-refractivity contribution is -0.133. The van der Waals surface area contributed by atoms with Gasteiger partial charge in [0, 0.05) is 5.02 Å². The predicted octanol–water partition coefficient (Wildman–Crippen LogP) is 1.63. The van der Waals surface area contributed by atoms with Gasteiger partial charge < -0.3 is 10.4 Å². The molecule has 0 unspecified atom stereocenters. The zero-order valence-electron chi connectivity index (χ0n) is 8.75. The molecule has 96 valence electrons. The van der Waals surface area contributed by atoms with Crippen LogP contribution >= 0.6 is 23.4 Å². The number of halogens is 1. The summed E-state index contributed by atoms with van der Waals surface area (Å²) in [5, 5.41) is 11.6. The fraction of sp³-hybridized carbons (Fsp3) is 0.111. The zero-order chi connectivity index (χ0) is 13.3. The highest BCUT2D eigenvalue weighted by molar-refractivity contribution is 8.15. The first-order valence-corrected chi connectivity index (χ1v) is 7.45. The van der Waals surface area contributed by atoms with Gasteiger partial charge in [-0.3, -0.25) is 4.79 Å². The van der Waals surface area contributed by atoms with E-state index in [1.807, 2.05) is 0 Å². The smallest absolute Gasteiger partial charge is 0.313 e. The molecule has 6 nitrogen and oxygen atoms in total. The Labute approximate surface area is 112 Å². The van der Waals surface area contributed by atoms with E-state index in [9.17, 15) is 13.2 Å². The predicted molar refractivity (Wildman–Crippen MR) is 69.8 cm³/mol. The number of carboxylic acids is 1. The van der Waals surface area contributed by atoms with Crippen molar-refractivity contribution in [2.75, 3.05) is 11.1 Å². The van der Waals surface area contributed by atoms with Crippen molar-refractivity contribution in [1.82, 2.24) is 0 Å². The molecule has 0 fully saturated rings. The number of aliphatic carboxylic acids is 1. The Bertz CT molecular complexity index is 642. The molecule has 0 radical (unpaired) electrons. The summed E-state index contributed by atoms with van der Waals surface area (Å²) in [4.78, 5) is 10.4. The van der Waals surface area contributed by atoms with Gasteiger partial charge in [-0.05, 0) is 18.2 Å². The molecular weight excluding hydrogens is 300 g/mol. The molecule has 1 aliphatic rings. The Morgan fingerprint density at radius 1 is 1.50 bits per heavy atom. The first kappa shape index (κ1) is 13.2. The average Bonchev–Trinajstić information content (AvgIpc) is 2.27. The normalized spacial score (nSPS) is 16.4. The van der Waals surface area contributed by atoms with Crippen LogP contribution in [0.4, 0.5) is 5.69 Å². The van der Waals surface area contributed by atoms with E-state index >= 15 is 0 Å². The van der Waals surface area contributed by atoms with Gasteiger partial charge in [-0.25, -0.2) is 0 Å². The topological polar surface area (TPSA) is 95.8 Å². The molecule has 0 aromatic heterocycles. The van der Waals surface area contributed by atoms with Crippen LogP contribution in [0, 0.1) is 0 Å². The van der Waals surface area contributed by atoms with Crippen molar-refractivity contribution in [1.29, 1.82) is 0 Å².